The molecule has 1 aliphatic heterocycles. The van der Waals surface area contributed by atoms with Crippen molar-refractivity contribution in [1.82, 2.24) is 4.90 Å². The Morgan fingerprint density at radius 2 is 1.87 bits per heavy atom. The first-order valence-corrected chi connectivity index (χ1v) is 8.97. The Morgan fingerprint density at radius 3 is 2.48 bits per heavy atom. The molecule has 0 aromatic carbocycles. The molecule has 0 radical (unpaired) electrons. The lowest BCUT2D eigenvalue weighted by Crippen LogP contribution is -2.60. The second-order valence-electron chi connectivity index (χ2n) is 9.00. The Hall–Kier alpha value is -1.41. The molecule has 23 heavy (non-hydrogen) atoms. The first-order valence-electron chi connectivity index (χ1n) is 8.97. The van der Waals surface area contributed by atoms with Crippen molar-refractivity contribution in [2.45, 2.75) is 69.1 Å². The number of amides is 1. The van der Waals surface area contributed by atoms with E-state index in [4.69, 9.17) is 5.41 Å². The maximum atomic E-state index is 13.0. The molecular weight excluding hydrogens is 290 g/mol. The number of aliphatic hydroxyl groups is 1. The third-order valence-electron chi connectivity index (χ3n) is 7.26. The van der Waals surface area contributed by atoms with Gasteiger partial charge in [-0.3, -0.25) is 10.2 Å². The van der Waals surface area contributed by atoms with Crippen molar-refractivity contribution < 1.29 is 9.90 Å². The highest BCUT2D eigenvalue weighted by molar-refractivity contribution is 6.39. The monoisotopic (exact) mass is 313 g/mol. The van der Waals surface area contributed by atoms with Crippen LogP contribution in [0, 0.1) is 39.9 Å². The van der Waals surface area contributed by atoms with Gasteiger partial charge in [0.05, 0.1) is 11.7 Å². The van der Waals surface area contributed by atoms with Crippen LogP contribution in [-0.2, 0) is 4.79 Å². The number of piperidine rings is 1. The molecule has 122 valence electrons. The summed E-state index contributed by atoms with van der Waals surface area (Å²) in [5, 5.41) is 28.9. The van der Waals surface area contributed by atoms with Crippen LogP contribution in [0.1, 0.15) is 51.4 Å². The Balaban J connectivity index is 1.44. The van der Waals surface area contributed by atoms with Gasteiger partial charge in [-0.2, -0.15) is 5.26 Å². The highest BCUT2D eigenvalue weighted by Gasteiger charge is 2.62. The van der Waals surface area contributed by atoms with Gasteiger partial charge in [-0.05, 0) is 69.1 Å². The van der Waals surface area contributed by atoms with Crippen molar-refractivity contribution in [3.8, 4) is 6.07 Å². The van der Waals surface area contributed by atoms with Gasteiger partial charge in [-0.15, -0.1) is 0 Å². The van der Waals surface area contributed by atoms with Gasteiger partial charge in [0.1, 0.15) is 11.8 Å². The van der Waals surface area contributed by atoms with E-state index in [2.05, 4.69) is 6.07 Å². The van der Waals surface area contributed by atoms with Crippen molar-refractivity contribution in [3.05, 3.63) is 0 Å². The first-order chi connectivity index (χ1) is 10.9. The van der Waals surface area contributed by atoms with E-state index < -0.39 is 11.0 Å². The van der Waals surface area contributed by atoms with E-state index in [1.54, 1.807) is 4.90 Å². The van der Waals surface area contributed by atoms with Crippen molar-refractivity contribution in [3.63, 3.8) is 0 Å². The van der Waals surface area contributed by atoms with Crippen molar-refractivity contribution in [2.24, 2.45) is 23.2 Å². The van der Waals surface area contributed by atoms with E-state index >= 15 is 0 Å². The van der Waals surface area contributed by atoms with Crippen LogP contribution in [-0.4, -0.2) is 39.3 Å². The first kappa shape index (κ1) is 14.0. The largest absolute Gasteiger partial charge is 0.390 e. The SMILES string of the molecule is N#CC1CC2CC2N1C(=O)C(=N)C12CC3CC(CC(O)(C3)C1)C2. The molecule has 1 amide bonds. The minimum absolute atomic E-state index is 0.192. The maximum absolute atomic E-state index is 13.0. The van der Waals surface area contributed by atoms with Crippen LogP contribution in [0.3, 0.4) is 0 Å². The lowest BCUT2D eigenvalue weighted by atomic mass is 9.46. The number of nitrogens with zero attached hydrogens (tertiary/aromatic N) is 2. The molecule has 5 unspecified atom stereocenters. The Kier molecular flexibility index (Phi) is 2.53. The second-order valence-corrected chi connectivity index (χ2v) is 9.00. The molecule has 2 N–H and O–H groups in total. The van der Waals surface area contributed by atoms with Crippen LogP contribution in [0.5, 0.6) is 0 Å². The number of fused-ring (bicyclic) bond motifs is 1. The summed E-state index contributed by atoms with van der Waals surface area (Å²) in [5.74, 6) is 1.20. The number of carbonyl (C=O) groups excluding carboxylic acids is 1. The third-order valence-corrected chi connectivity index (χ3v) is 7.26. The van der Waals surface area contributed by atoms with Crippen LogP contribution in [0.4, 0.5) is 0 Å². The van der Waals surface area contributed by atoms with Gasteiger partial charge in [0, 0.05) is 11.5 Å². The van der Waals surface area contributed by atoms with Gasteiger partial charge < -0.3 is 10.0 Å². The van der Waals surface area contributed by atoms with Gasteiger partial charge in [-0.1, -0.05) is 0 Å². The summed E-state index contributed by atoms with van der Waals surface area (Å²) in [6.45, 7) is 0. The van der Waals surface area contributed by atoms with Crippen LogP contribution in [0.15, 0.2) is 0 Å². The zero-order valence-electron chi connectivity index (χ0n) is 13.3. The van der Waals surface area contributed by atoms with E-state index in [0.29, 0.717) is 24.2 Å². The van der Waals surface area contributed by atoms with Crippen molar-refractivity contribution in [2.75, 3.05) is 0 Å². The topological polar surface area (TPSA) is 88.2 Å². The lowest BCUT2D eigenvalue weighted by molar-refractivity contribution is -0.145. The van der Waals surface area contributed by atoms with Gasteiger partial charge >= 0.3 is 0 Å². The molecule has 5 aliphatic carbocycles. The average Bonchev–Trinajstić information content (AvgIpc) is 3.14. The van der Waals surface area contributed by atoms with Crippen molar-refractivity contribution in [1.29, 1.82) is 10.7 Å². The summed E-state index contributed by atoms with van der Waals surface area (Å²) < 4.78 is 0. The summed E-state index contributed by atoms with van der Waals surface area (Å²) in [5.41, 5.74) is -0.890. The molecule has 5 nitrogen and oxygen atoms in total. The molecule has 6 fully saturated rings. The van der Waals surface area contributed by atoms with Crippen LogP contribution in [0.2, 0.25) is 0 Å². The van der Waals surface area contributed by atoms with Gasteiger partial charge in [0.25, 0.3) is 5.91 Å². The van der Waals surface area contributed by atoms with E-state index in [1.807, 2.05) is 0 Å². The molecule has 1 saturated heterocycles. The standard InChI is InChI=1S/C18H23N3O2/c19-8-13-2-12-3-14(12)21(13)16(22)15(20)17-4-10-1-11(5-17)7-18(23,6-10)9-17/h10-14,20,23H,1-7,9H2. The fourth-order valence-electron chi connectivity index (χ4n) is 6.73. The summed E-state index contributed by atoms with van der Waals surface area (Å²) in [7, 11) is 0. The fourth-order valence-corrected chi connectivity index (χ4v) is 6.73. The molecule has 0 aromatic heterocycles. The minimum atomic E-state index is -0.654. The number of carbonyl (C=O) groups is 1. The van der Waals surface area contributed by atoms with Gasteiger partial charge in [0.2, 0.25) is 0 Å². The molecule has 6 aliphatic rings. The quantitative estimate of drug-likeness (QED) is 0.763. The van der Waals surface area contributed by atoms with Crippen molar-refractivity contribution >= 4 is 11.6 Å². The van der Waals surface area contributed by atoms with E-state index in [1.165, 1.54) is 0 Å². The average molecular weight is 313 g/mol. The summed E-state index contributed by atoms with van der Waals surface area (Å²) in [6, 6.07) is 2.11. The highest BCUT2D eigenvalue weighted by Crippen LogP contribution is 2.62. The number of nitrogens with one attached hydrogen (secondary N) is 1. The zero-order valence-corrected chi connectivity index (χ0v) is 13.3. The number of rotatable bonds is 2. The molecule has 4 bridgehead atoms. The lowest BCUT2D eigenvalue weighted by Gasteiger charge is -2.60. The molecule has 6 rings (SSSR count). The number of nitriles is 1. The van der Waals surface area contributed by atoms with E-state index in [-0.39, 0.29) is 23.7 Å². The third kappa shape index (κ3) is 1.82. The molecule has 0 spiro atoms. The Morgan fingerprint density at radius 1 is 1.17 bits per heavy atom. The van der Waals surface area contributed by atoms with Crippen LogP contribution < -0.4 is 0 Å². The fraction of sp³-hybridized carbons (Fsp3) is 0.833. The Labute approximate surface area is 136 Å². The van der Waals surface area contributed by atoms with E-state index in [0.717, 1.165) is 44.9 Å². The predicted octanol–water partition coefficient (Wildman–Crippen LogP) is 1.85. The number of hydrogen-bond acceptors (Lipinski definition) is 4. The summed E-state index contributed by atoms with van der Waals surface area (Å²) in [6.07, 6.45) is 6.98. The number of hydrogen-bond donors (Lipinski definition) is 2. The molecule has 0 aromatic rings. The van der Waals surface area contributed by atoms with Crippen LogP contribution >= 0.6 is 0 Å². The summed E-state index contributed by atoms with van der Waals surface area (Å²) in [4.78, 5) is 14.7. The molecular formula is C18H23N3O2. The smallest absolute Gasteiger partial charge is 0.269 e. The molecule has 5 saturated carbocycles. The second kappa shape index (κ2) is 4.16. The number of likely N-dealkylation sites (tertiary alicyclic amines) is 1. The minimum Gasteiger partial charge on any atom is -0.390 e. The highest BCUT2D eigenvalue weighted by atomic mass is 16.3. The molecule has 5 atom stereocenters. The molecule has 1 heterocycles. The Bertz CT molecular complexity index is 637. The zero-order chi connectivity index (χ0) is 16.0. The summed E-state index contributed by atoms with van der Waals surface area (Å²) >= 11 is 0. The van der Waals surface area contributed by atoms with E-state index in [9.17, 15) is 15.2 Å². The maximum Gasteiger partial charge on any atom is 0.269 e. The predicted molar refractivity (Wildman–Crippen MR) is 82.6 cm³/mol. The van der Waals surface area contributed by atoms with Gasteiger partial charge in [0.15, 0.2) is 0 Å². The molecule has 5 heteroatoms. The normalized spacial score (nSPS) is 52.2. The van der Waals surface area contributed by atoms with Crippen LogP contribution in [0.25, 0.3) is 0 Å². The van der Waals surface area contributed by atoms with Gasteiger partial charge in [-0.25, -0.2) is 0 Å².